The summed E-state index contributed by atoms with van der Waals surface area (Å²) >= 11 is 4.91. The molecule has 4 nitrogen and oxygen atoms in total. The van der Waals surface area contributed by atoms with E-state index in [4.69, 9.17) is 0 Å². The molecule has 1 aliphatic rings. The quantitative estimate of drug-likeness (QED) is 0.846. The van der Waals surface area contributed by atoms with E-state index in [1.807, 2.05) is 0 Å². The molecule has 0 bridgehead atoms. The van der Waals surface area contributed by atoms with Crippen LogP contribution < -0.4 is 5.32 Å². The van der Waals surface area contributed by atoms with Crippen molar-refractivity contribution in [3.05, 3.63) is 0 Å². The predicted molar refractivity (Wildman–Crippen MR) is 82.0 cm³/mol. The molecule has 0 saturated carbocycles. The zero-order valence-electron chi connectivity index (χ0n) is 11.2. The largest absolute Gasteiger partial charge is 0.355 e. The molecule has 1 unspecified atom stereocenters. The van der Waals surface area contributed by atoms with Crippen LogP contribution in [0.4, 0.5) is 0 Å². The van der Waals surface area contributed by atoms with Crippen molar-refractivity contribution >= 4 is 40.8 Å². The zero-order chi connectivity index (χ0) is 13.7. The lowest BCUT2D eigenvalue weighted by molar-refractivity contribution is -0.120. The predicted octanol–water partition coefficient (Wildman–Crippen LogP) is 3.05. The van der Waals surface area contributed by atoms with Crippen molar-refractivity contribution in [1.82, 2.24) is 15.5 Å². The Hall–Kier alpha value is -0.270. The highest BCUT2D eigenvalue weighted by Gasteiger charge is 2.23. The van der Waals surface area contributed by atoms with Crippen LogP contribution in [0.1, 0.15) is 33.1 Å². The minimum absolute atomic E-state index is 0.00148. The lowest BCUT2D eigenvalue weighted by atomic mass is 10.2. The highest BCUT2D eigenvalue weighted by molar-refractivity contribution is 8.03. The van der Waals surface area contributed by atoms with Crippen molar-refractivity contribution in [3.8, 4) is 0 Å². The first-order valence-corrected chi connectivity index (χ1v) is 9.24. The first kappa shape index (κ1) is 15.1. The van der Waals surface area contributed by atoms with Crippen LogP contribution in [-0.2, 0) is 4.79 Å². The van der Waals surface area contributed by atoms with E-state index in [2.05, 4.69) is 29.4 Å². The Kier molecular flexibility index (Phi) is 5.97. The number of hydrogen-bond acceptors (Lipinski definition) is 6. The Morgan fingerprint density at radius 3 is 2.95 bits per heavy atom. The van der Waals surface area contributed by atoms with Crippen molar-refractivity contribution in [2.45, 2.75) is 47.0 Å². The van der Waals surface area contributed by atoms with E-state index in [0.29, 0.717) is 5.92 Å². The molecule has 1 aromatic heterocycles. The van der Waals surface area contributed by atoms with Crippen LogP contribution in [0.5, 0.6) is 0 Å². The van der Waals surface area contributed by atoms with Crippen LogP contribution >= 0.6 is 34.9 Å². The van der Waals surface area contributed by atoms with E-state index in [9.17, 15) is 4.79 Å². The van der Waals surface area contributed by atoms with E-state index < -0.39 is 0 Å². The SMILES string of the molecule is CC(C)CSc1nnc(SC2CCCCNC2=O)s1. The smallest absolute Gasteiger partial charge is 0.233 e. The highest BCUT2D eigenvalue weighted by atomic mass is 32.2. The molecule has 0 aliphatic carbocycles. The Morgan fingerprint density at radius 2 is 2.16 bits per heavy atom. The molecule has 0 aromatic carbocycles. The fourth-order valence-electron chi connectivity index (χ4n) is 1.69. The molecule has 1 atom stereocenters. The maximum atomic E-state index is 11.9. The Bertz CT molecular complexity index is 422. The summed E-state index contributed by atoms with van der Waals surface area (Å²) in [5, 5.41) is 11.3. The number of carbonyl (C=O) groups is 1. The number of rotatable bonds is 5. The van der Waals surface area contributed by atoms with Gasteiger partial charge in [-0.05, 0) is 18.8 Å². The molecule has 0 radical (unpaired) electrons. The minimum Gasteiger partial charge on any atom is -0.355 e. The van der Waals surface area contributed by atoms with Crippen LogP contribution in [0.15, 0.2) is 8.68 Å². The van der Waals surface area contributed by atoms with E-state index in [-0.39, 0.29) is 11.2 Å². The van der Waals surface area contributed by atoms with Crippen LogP contribution in [0.2, 0.25) is 0 Å². The first-order chi connectivity index (χ1) is 9.15. The van der Waals surface area contributed by atoms with Crippen molar-refractivity contribution in [1.29, 1.82) is 0 Å². The van der Waals surface area contributed by atoms with Crippen molar-refractivity contribution in [2.75, 3.05) is 12.3 Å². The van der Waals surface area contributed by atoms with Crippen LogP contribution in [0.25, 0.3) is 0 Å². The summed E-state index contributed by atoms with van der Waals surface area (Å²) in [7, 11) is 0. The molecule has 19 heavy (non-hydrogen) atoms. The number of hydrogen-bond donors (Lipinski definition) is 1. The van der Waals surface area contributed by atoms with Crippen molar-refractivity contribution in [3.63, 3.8) is 0 Å². The topological polar surface area (TPSA) is 54.9 Å². The van der Waals surface area contributed by atoms with Gasteiger partial charge >= 0.3 is 0 Å². The van der Waals surface area contributed by atoms with Gasteiger partial charge in [-0.1, -0.05) is 55.1 Å². The summed E-state index contributed by atoms with van der Waals surface area (Å²) in [5.41, 5.74) is 0. The average Bonchev–Trinajstić information content (AvgIpc) is 2.72. The average molecular weight is 318 g/mol. The fraction of sp³-hybridized carbons (Fsp3) is 0.750. The van der Waals surface area contributed by atoms with Gasteiger partial charge in [-0.2, -0.15) is 0 Å². The zero-order valence-corrected chi connectivity index (χ0v) is 13.7. The van der Waals surface area contributed by atoms with Gasteiger partial charge in [-0.15, -0.1) is 10.2 Å². The third-order valence-corrected chi connectivity index (χ3v) is 6.49. The van der Waals surface area contributed by atoms with Gasteiger partial charge in [-0.25, -0.2) is 0 Å². The summed E-state index contributed by atoms with van der Waals surface area (Å²) in [6.45, 7) is 5.20. The molecular formula is C12H19N3OS3. The Labute approximate surface area is 126 Å². The van der Waals surface area contributed by atoms with Gasteiger partial charge in [0.05, 0.1) is 5.25 Å². The summed E-state index contributed by atoms with van der Waals surface area (Å²) in [6.07, 6.45) is 3.11. The number of aromatic nitrogens is 2. The number of nitrogens with one attached hydrogen (secondary N) is 1. The molecule has 1 N–H and O–H groups in total. The number of nitrogens with zero attached hydrogens (tertiary/aromatic N) is 2. The molecule has 1 saturated heterocycles. The fourth-order valence-corrected chi connectivity index (χ4v) is 4.99. The van der Waals surface area contributed by atoms with E-state index in [1.54, 1.807) is 34.9 Å². The van der Waals surface area contributed by atoms with Gasteiger partial charge in [0.25, 0.3) is 0 Å². The monoisotopic (exact) mass is 317 g/mol. The lowest BCUT2D eigenvalue weighted by Gasteiger charge is -2.09. The van der Waals surface area contributed by atoms with Gasteiger partial charge in [0.2, 0.25) is 5.91 Å². The number of carbonyl (C=O) groups excluding carboxylic acids is 1. The minimum atomic E-state index is -0.00148. The second-order valence-electron chi connectivity index (χ2n) is 4.93. The molecule has 7 heteroatoms. The standard InChI is InChI=1S/C12H19N3OS3/c1-8(2)7-17-11-14-15-12(19-11)18-9-5-3-4-6-13-10(9)16/h8-9H,3-7H2,1-2H3,(H,13,16). The molecule has 2 heterocycles. The molecule has 106 valence electrons. The van der Waals surface area contributed by atoms with Gasteiger partial charge < -0.3 is 5.32 Å². The van der Waals surface area contributed by atoms with Gasteiger partial charge in [0.1, 0.15) is 0 Å². The number of amides is 1. The maximum Gasteiger partial charge on any atom is 0.233 e. The third-order valence-electron chi connectivity index (χ3n) is 2.66. The summed E-state index contributed by atoms with van der Waals surface area (Å²) in [6, 6.07) is 0. The van der Waals surface area contributed by atoms with Crippen molar-refractivity contribution in [2.24, 2.45) is 5.92 Å². The molecule has 1 aliphatic heterocycles. The second kappa shape index (κ2) is 7.50. The Balaban J connectivity index is 1.89. The molecular weight excluding hydrogens is 298 g/mol. The maximum absolute atomic E-state index is 11.9. The molecule has 1 amide bonds. The van der Waals surface area contributed by atoms with Gasteiger partial charge in [0, 0.05) is 12.3 Å². The second-order valence-corrected chi connectivity index (χ2v) is 8.63. The Morgan fingerprint density at radius 1 is 1.37 bits per heavy atom. The highest BCUT2D eigenvalue weighted by Crippen LogP contribution is 2.33. The van der Waals surface area contributed by atoms with Gasteiger partial charge in [-0.3, -0.25) is 4.79 Å². The van der Waals surface area contributed by atoms with Gasteiger partial charge in [0.15, 0.2) is 8.68 Å². The van der Waals surface area contributed by atoms with E-state index in [1.165, 1.54) is 0 Å². The number of thioether (sulfide) groups is 2. The summed E-state index contributed by atoms with van der Waals surface area (Å²) in [4.78, 5) is 11.9. The first-order valence-electron chi connectivity index (χ1n) is 6.56. The lowest BCUT2D eigenvalue weighted by Crippen LogP contribution is -2.30. The normalized spacial score (nSPS) is 20.4. The summed E-state index contributed by atoms with van der Waals surface area (Å²) in [5.74, 6) is 1.86. The third kappa shape index (κ3) is 4.96. The molecule has 1 fully saturated rings. The molecule has 0 spiro atoms. The molecule has 1 aromatic rings. The van der Waals surface area contributed by atoms with Crippen LogP contribution in [-0.4, -0.2) is 33.7 Å². The van der Waals surface area contributed by atoms with E-state index >= 15 is 0 Å². The van der Waals surface area contributed by atoms with Crippen LogP contribution in [0, 0.1) is 5.92 Å². The van der Waals surface area contributed by atoms with Crippen LogP contribution in [0.3, 0.4) is 0 Å². The van der Waals surface area contributed by atoms with E-state index in [0.717, 1.165) is 40.2 Å². The van der Waals surface area contributed by atoms with Crippen molar-refractivity contribution < 1.29 is 4.79 Å². The summed E-state index contributed by atoms with van der Waals surface area (Å²) < 4.78 is 1.92. The molecule has 2 rings (SSSR count).